The first-order chi connectivity index (χ1) is 7.82. The maximum Gasteiger partial charge on any atom is 0.330 e. The molecule has 0 saturated carbocycles. The van der Waals surface area contributed by atoms with Crippen LogP contribution < -0.4 is 5.32 Å². The number of carbonyl (C=O) groups is 3. The quantitative estimate of drug-likeness (QED) is 0.770. The summed E-state index contributed by atoms with van der Waals surface area (Å²) in [4.78, 5) is 36.2. The predicted molar refractivity (Wildman–Crippen MR) is 66.6 cm³/mol. The van der Waals surface area contributed by atoms with Gasteiger partial charge >= 0.3 is 6.03 Å². The highest BCUT2D eigenvalue weighted by Crippen LogP contribution is 2.25. The minimum Gasteiger partial charge on any atom is -0.277 e. The van der Waals surface area contributed by atoms with Gasteiger partial charge in [0.05, 0.1) is 0 Å². The van der Waals surface area contributed by atoms with E-state index in [0.29, 0.717) is 13.0 Å². The zero-order chi connectivity index (χ0) is 13.2. The number of amides is 4. The van der Waals surface area contributed by atoms with E-state index in [1.54, 1.807) is 18.7 Å². The number of nitrogens with one attached hydrogen (secondary N) is 1. The summed E-state index contributed by atoms with van der Waals surface area (Å²) >= 11 is 1.58. The fraction of sp³-hybridized carbons (Fsp3) is 0.727. The van der Waals surface area contributed by atoms with E-state index >= 15 is 0 Å². The molecule has 0 spiro atoms. The summed E-state index contributed by atoms with van der Waals surface area (Å²) in [6, 6.07) is -0.605. The van der Waals surface area contributed by atoms with Gasteiger partial charge in [-0.3, -0.25) is 19.8 Å². The molecule has 0 bridgehead atoms. The van der Waals surface area contributed by atoms with Crippen LogP contribution in [0.15, 0.2) is 0 Å². The van der Waals surface area contributed by atoms with Gasteiger partial charge in [-0.25, -0.2) is 4.79 Å². The molecule has 0 radical (unpaired) electrons. The first-order valence-corrected chi connectivity index (χ1v) is 6.76. The third kappa shape index (κ3) is 3.00. The molecule has 1 unspecified atom stereocenters. The smallest absolute Gasteiger partial charge is 0.277 e. The van der Waals surface area contributed by atoms with Gasteiger partial charge in [-0.1, -0.05) is 6.92 Å². The van der Waals surface area contributed by atoms with Crippen LogP contribution in [0.3, 0.4) is 0 Å². The number of barbiturate groups is 1. The molecule has 17 heavy (non-hydrogen) atoms. The summed E-state index contributed by atoms with van der Waals surface area (Å²) in [7, 11) is 0. The van der Waals surface area contributed by atoms with Crippen molar-refractivity contribution in [2.24, 2.45) is 5.92 Å². The van der Waals surface area contributed by atoms with Gasteiger partial charge in [0.25, 0.3) is 0 Å². The Kier molecular flexibility index (Phi) is 4.19. The standard InChI is InChI=1S/C11H18N2O3S/c1-5-7-8(14)12-10(16)13(9(7)15)6-11(2,3)17-4/h7H,5-6H2,1-4H3,(H,12,14,16). The number of imide groups is 2. The van der Waals surface area contributed by atoms with Crippen molar-refractivity contribution in [3.63, 3.8) is 0 Å². The number of hydrogen-bond donors (Lipinski definition) is 1. The van der Waals surface area contributed by atoms with Crippen molar-refractivity contribution in [3.05, 3.63) is 0 Å². The van der Waals surface area contributed by atoms with Crippen LogP contribution in [-0.4, -0.2) is 40.3 Å². The molecule has 6 heteroatoms. The van der Waals surface area contributed by atoms with Gasteiger partial charge in [-0.2, -0.15) is 11.8 Å². The first-order valence-electron chi connectivity index (χ1n) is 5.53. The molecule has 1 N–H and O–H groups in total. The van der Waals surface area contributed by atoms with Crippen LogP contribution in [-0.2, 0) is 9.59 Å². The Bertz CT molecular complexity index is 355. The average Bonchev–Trinajstić information content (AvgIpc) is 2.25. The molecule has 1 aliphatic heterocycles. The largest absolute Gasteiger partial charge is 0.330 e. The van der Waals surface area contributed by atoms with E-state index < -0.39 is 17.9 Å². The van der Waals surface area contributed by atoms with Crippen molar-refractivity contribution in [3.8, 4) is 0 Å². The monoisotopic (exact) mass is 258 g/mol. The van der Waals surface area contributed by atoms with Crippen LogP contribution in [0.1, 0.15) is 27.2 Å². The Labute approximate surface area is 105 Å². The molecule has 1 aliphatic rings. The Morgan fingerprint density at radius 1 is 1.35 bits per heavy atom. The van der Waals surface area contributed by atoms with Gasteiger partial charge in [0.2, 0.25) is 11.8 Å². The molecular formula is C11H18N2O3S. The van der Waals surface area contributed by atoms with Crippen LogP contribution in [0, 0.1) is 5.92 Å². The lowest BCUT2D eigenvalue weighted by atomic mass is 10.0. The first kappa shape index (κ1) is 14.0. The van der Waals surface area contributed by atoms with Gasteiger partial charge in [0.1, 0.15) is 5.92 Å². The van der Waals surface area contributed by atoms with E-state index in [1.807, 2.05) is 20.1 Å². The lowest BCUT2D eigenvalue weighted by molar-refractivity contribution is -0.142. The molecule has 0 aromatic heterocycles. The molecule has 0 aliphatic carbocycles. The van der Waals surface area contributed by atoms with E-state index in [2.05, 4.69) is 5.32 Å². The van der Waals surface area contributed by atoms with E-state index in [9.17, 15) is 14.4 Å². The number of carbonyl (C=O) groups excluding carboxylic acids is 3. The molecular weight excluding hydrogens is 240 g/mol. The normalized spacial score (nSPS) is 21.8. The Balaban J connectivity index is 2.88. The lowest BCUT2D eigenvalue weighted by Crippen LogP contribution is -2.59. The zero-order valence-corrected chi connectivity index (χ0v) is 11.4. The van der Waals surface area contributed by atoms with Crippen molar-refractivity contribution < 1.29 is 14.4 Å². The summed E-state index contributed by atoms with van der Waals surface area (Å²) < 4.78 is -0.217. The fourth-order valence-corrected chi connectivity index (χ4v) is 1.87. The van der Waals surface area contributed by atoms with Crippen LogP contribution >= 0.6 is 11.8 Å². The summed E-state index contributed by atoms with van der Waals surface area (Å²) in [5.74, 6) is -1.60. The van der Waals surface area contributed by atoms with Crippen LogP contribution in [0.5, 0.6) is 0 Å². The number of urea groups is 1. The van der Waals surface area contributed by atoms with Crippen LogP contribution in [0.4, 0.5) is 4.79 Å². The van der Waals surface area contributed by atoms with Crippen LogP contribution in [0.25, 0.3) is 0 Å². The molecule has 96 valence electrons. The molecule has 1 saturated heterocycles. The average molecular weight is 258 g/mol. The maximum absolute atomic E-state index is 12.0. The zero-order valence-electron chi connectivity index (χ0n) is 10.6. The number of thioether (sulfide) groups is 1. The summed E-state index contributed by atoms with van der Waals surface area (Å²) in [6.07, 6.45) is 2.34. The SMILES string of the molecule is CCC1C(=O)NC(=O)N(CC(C)(C)SC)C1=O. The van der Waals surface area contributed by atoms with Crippen molar-refractivity contribution in [1.29, 1.82) is 0 Å². The molecule has 1 rings (SSSR count). The fourth-order valence-electron chi connectivity index (χ4n) is 1.62. The summed E-state index contributed by atoms with van der Waals surface area (Å²) in [6.45, 7) is 5.98. The van der Waals surface area contributed by atoms with E-state index in [1.165, 1.54) is 0 Å². The summed E-state index contributed by atoms with van der Waals surface area (Å²) in [5.41, 5.74) is 0. The Morgan fingerprint density at radius 3 is 2.41 bits per heavy atom. The van der Waals surface area contributed by atoms with Gasteiger partial charge < -0.3 is 0 Å². The second kappa shape index (κ2) is 5.08. The van der Waals surface area contributed by atoms with Gasteiger partial charge in [-0.15, -0.1) is 0 Å². The van der Waals surface area contributed by atoms with Gasteiger partial charge in [-0.05, 0) is 26.5 Å². The second-order valence-electron chi connectivity index (χ2n) is 4.64. The van der Waals surface area contributed by atoms with Crippen molar-refractivity contribution in [2.45, 2.75) is 31.9 Å². The van der Waals surface area contributed by atoms with Crippen molar-refractivity contribution in [2.75, 3.05) is 12.8 Å². The van der Waals surface area contributed by atoms with E-state index in [4.69, 9.17) is 0 Å². The maximum atomic E-state index is 12.0. The molecule has 1 atom stereocenters. The second-order valence-corrected chi connectivity index (χ2v) is 6.16. The number of rotatable bonds is 4. The highest BCUT2D eigenvalue weighted by Gasteiger charge is 2.41. The third-order valence-electron chi connectivity index (χ3n) is 2.86. The van der Waals surface area contributed by atoms with Gasteiger partial charge in [0, 0.05) is 11.3 Å². The van der Waals surface area contributed by atoms with E-state index in [-0.39, 0.29) is 10.7 Å². The van der Waals surface area contributed by atoms with E-state index in [0.717, 1.165) is 4.90 Å². The molecule has 0 aromatic carbocycles. The molecule has 1 heterocycles. The van der Waals surface area contributed by atoms with Crippen molar-refractivity contribution in [1.82, 2.24) is 10.2 Å². The summed E-state index contributed by atoms with van der Waals surface area (Å²) in [5, 5.41) is 2.23. The Morgan fingerprint density at radius 2 is 1.94 bits per heavy atom. The highest BCUT2D eigenvalue weighted by molar-refractivity contribution is 7.99. The van der Waals surface area contributed by atoms with Crippen molar-refractivity contribution >= 4 is 29.6 Å². The molecule has 0 aromatic rings. The predicted octanol–water partition coefficient (Wildman–Crippen LogP) is 1.23. The highest BCUT2D eigenvalue weighted by atomic mass is 32.2. The minimum atomic E-state index is -0.731. The lowest BCUT2D eigenvalue weighted by Gasteiger charge is -2.34. The topological polar surface area (TPSA) is 66.5 Å². The molecule has 4 amide bonds. The van der Waals surface area contributed by atoms with Gasteiger partial charge in [0.15, 0.2) is 0 Å². The third-order valence-corrected chi connectivity index (χ3v) is 4.09. The Hall–Kier alpha value is -1.04. The number of nitrogens with zero attached hydrogens (tertiary/aromatic N) is 1. The molecule has 1 fully saturated rings. The van der Waals surface area contributed by atoms with Crippen LogP contribution in [0.2, 0.25) is 0 Å². The number of hydrogen-bond acceptors (Lipinski definition) is 4. The minimum absolute atomic E-state index is 0.217. The molecule has 5 nitrogen and oxygen atoms in total.